The lowest BCUT2D eigenvalue weighted by Crippen LogP contribution is -1.89. The first kappa shape index (κ1) is 12.2. The van der Waals surface area contributed by atoms with Crippen LogP contribution in [0.15, 0.2) is 12.1 Å². The van der Waals surface area contributed by atoms with E-state index < -0.39 is 0 Å². The van der Waals surface area contributed by atoms with Crippen molar-refractivity contribution in [2.24, 2.45) is 0 Å². The number of rotatable bonds is 2. The molecule has 0 fully saturated rings. The number of aromatic nitrogens is 1. The molecule has 2 aromatic rings. The molecule has 0 aliphatic heterocycles. The van der Waals surface area contributed by atoms with E-state index in [2.05, 4.69) is 4.98 Å². The molecule has 0 unspecified atom stereocenters. The van der Waals surface area contributed by atoms with E-state index >= 15 is 0 Å². The highest BCUT2D eigenvalue weighted by Crippen LogP contribution is 2.38. The average molecular weight is 270 g/mol. The van der Waals surface area contributed by atoms with E-state index in [4.69, 9.17) is 16.3 Å². The van der Waals surface area contributed by atoms with E-state index in [-0.39, 0.29) is 5.06 Å². The van der Waals surface area contributed by atoms with Crippen LogP contribution in [0, 0.1) is 13.8 Å². The van der Waals surface area contributed by atoms with Gasteiger partial charge in [-0.2, -0.15) is 0 Å². The smallest absolute Gasteiger partial charge is 0.195 e. The normalized spacial score (nSPS) is 10.6. The van der Waals surface area contributed by atoms with Crippen LogP contribution in [-0.4, -0.2) is 17.2 Å². The summed E-state index contributed by atoms with van der Waals surface area (Å²) in [5.41, 5.74) is 2.57. The number of nitrogens with zero attached hydrogens (tertiary/aromatic N) is 1. The van der Waals surface area contributed by atoms with Crippen molar-refractivity contribution in [3.05, 3.63) is 28.4 Å². The zero-order chi connectivity index (χ0) is 12.6. The zero-order valence-electron chi connectivity index (χ0n) is 9.74. The zero-order valence-corrected chi connectivity index (χ0v) is 11.3. The number of aromatic hydroxyl groups is 1. The first-order valence-corrected chi connectivity index (χ1v) is 6.23. The Bertz CT molecular complexity index is 546. The van der Waals surface area contributed by atoms with Gasteiger partial charge in [0.2, 0.25) is 0 Å². The van der Waals surface area contributed by atoms with Gasteiger partial charge >= 0.3 is 0 Å². The molecule has 1 N–H and O–H groups in total. The quantitative estimate of drug-likeness (QED) is 0.902. The summed E-state index contributed by atoms with van der Waals surface area (Å²) in [6.07, 6.45) is 0. The Hall–Kier alpha value is -1.26. The van der Waals surface area contributed by atoms with Crippen LogP contribution in [0.4, 0.5) is 0 Å². The lowest BCUT2D eigenvalue weighted by molar-refractivity contribution is 0.415. The molecule has 90 valence electrons. The van der Waals surface area contributed by atoms with Gasteiger partial charge in [-0.1, -0.05) is 22.9 Å². The molecule has 0 saturated carbocycles. The van der Waals surface area contributed by atoms with Crippen molar-refractivity contribution in [1.82, 2.24) is 4.98 Å². The molecule has 5 heteroatoms. The first-order valence-electron chi connectivity index (χ1n) is 5.04. The van der Waals surface area contributed by atoms with Gasteiger partial charge in [0.25, 0.3) is 0 Å². The van der Waals surface area contributed by atoms with Gasteiger partial charge < -0.3 is 9.84 Å². The van der Waals surface area contributed by atoms with E-state index in [0.717, 1.165) is 16.1 Å². The largest absolute Gasteiger partial charge is 0.498 e. The number of aryl methyl sites for hydroxylation is 2. The maximum atomic E-state index is 9.56. The summed E-state index contributed by atoms with van der Waals surface area (Å²) in [4.78, 5) is 4.31. The molecule has 0 aliphatic carbocycles. The number of ether oxygens (including phenoxy) is 1. The number of hydrogen-bond acceptors (Lipinski definition) is 4. The van der Waals surface area contributed by atoms with Crippen LogP contribution in [0.25, 0.3) is 10.6 Å². The molecule has 1 aromatic heterocycles. The number of methoxy groups -OCH3 is 1. The number of halogens is 1. The SMILES string of the molecule is COc1cc(C)c(-c2nc(C)c(O)s2)cc1Cl. The van der Waals surface area contributed by atoms with Crippen LogP contribution in [0.5, 0.6) is 10.8 Å². The molecule has 3 nitrogen and oxygen atoms in total. The molecule has 0 spiro atoms. The van der Waals surface area contributed by atoms with Crippen molar-refractivity contribution < 1.29 is 9.84 Å². The molecule has 2 rings (SSSR count). The fourth-order valence-electron chi connectivity index (χ4n) is 1.55. The molecular formula is C12H12ClNO2S. The molecule has 0 saturated heterocycles. The third kappa shape index (κ3) is 2.23. The number of hydrogen-bond donors (Lipinski definition) is 1. The maximum absolute atomic E-state index is 9.56. The van der Waals surface area contributed by atoms with Gasteiger partial charge in [0.05, 0.1) is 17.8 Å². The minimum absolute atomic E-state index is 0.242. The third-order valence-electron chi connectivity index (χ3n) is 2.50. The summed E-state index contributed by atoms with van der Waals surface area (Å²) >= 11 is 7.34. The van der Waals surface area contributed by atoms with Crippen molar-refractivity contribution in [3.8, 4) is 21.4 Å². The molecule has 0 radical (unpaired) electrons. The molecule has 17 heavy (non-hydrogen) atoms. The number of thiazole rings is 1. The summed E-state index contributed by atoms with van der Waals surface area (Å²) in [5, 5.41) is 11.1. The highest BCUT2D eigenvalue weighted by atomic mass is 35.5. The van der Waals surface area contributed by atoms with E-state index in [9.17, 15) is 5.11 Å². The van der Waals surface area contributed by atoms with Crippen molar-refractivity contribution in [2.75, 3.05) is 7.11 Å². The average Bonchev–Trinajstić information content (AvgIpc) is 2.61. The first-order chi connectivity index (χ1) is 8.02. The molecule has 1 aromatic carbocycles. The van der Waals surface area contributed by atoms with Crippen LogP contribution >= 0.6 is 22.9 Å². The molecule has 0 aliphatic rings. The van der Waals surface area contributed by atoms with Gasteiger partial charge in [-0.3, -0.25) is 0 Å². The van der Waals surface area contributed by atoms with Gasteiger partial charge in [-0.15, -0.1) is 0 Å². The summed E-state index contributed by atoms with van der Waals surface area (Å²) in [6.45, 7) is 3.73. The summed E-state index contributed by atoms with van der Waals surface area (Å²) in [7, 11) is 1.58. The predicted molar refractivity (Wildman–Crippen MR) is 70.3 cm³/mol. The number of benzene rings is 1. The van der Waals surface area contributed by atoms with Crippen molar-refractivity contribution in [3.63, 3.8) is 0 Å². The minimum Gasteiger partial charge on any atom is -0.498 e. The van der Waals surface area contributed by atoms with Crippen LogP contribution < -0.4 is 4.74 Å². The van der Waals surface area contributed by atoms with E-state index in [1.54, 1.807) is 14.0 Å². The van der Waals surface area contributed by atoms with Gasteiger partial charge in [0.1, 0.15) is 10.8 Å². The van der Waals surface area contributed by atoms with Crippen molar-refractivity contribution >= 4 is 22.9 Å². The second-order valence-electron chi connectivity index (χ2n) is 3.71. The van der Waals surface area contributed by atoms with Gasteiger partial charge in [-0.05, 0) is 31.5 Å². The predicted octanol–water partition coefficient (Wildman–Crippen LogP) is 3.79. The van der Waals surface area contributed by atoms with Crippen LogP contribution in [0.1, 0.15) is 11.3 Å². The fourth-order valence-corrected chi connectivity index (χ4v) is 2.68. The molecule has 0 amide bonds. The molecule has 0 bridgehead atoms. The summed E-state index contributed by atoms with van der Waals surface area (Å²) in [6, 6.07) is 3.68. The highest BCUT2D eigenvalue weighted by Gasteiger charge is 2.13. The maximum Gasteiger partial charge on any atom is 0.195 e. The van der Waals surface area contributed by atoms with E-state index in [1.165, 1.54) is 11.3 Å². The second-order valence-corrected chi connectivity index (χ2v) is 5.10. The Morgan fingerprint density at radius 2 is 2.06 bits per heavy atom. The van der Waals surface area contributed by atoms with Crippen molar-refractivity contribution in [1.29, 1.82) is 0 Å². The Kier molecular flexibility index (Phi) is 3.26. The Balaban J connectivity index is 2.56. The van der Waals surface area contributed by atoms with Crippen LogP contribution in [0.2, 0.25) is 5.02 Å². The molecule has 0 atom stereocenters. The standard InChI is InChI=1S/C12H12ClNO2S/c1-6-4-10(16-3)9(13)5-8(6)11-14-7(2)12(15)17-11/h4-5,15H,1-3H3. The van der Waals surface area contributed by atoms with Gasteiger partial charge in [0.15, 0.2) is 5.06 Å². The van der Waals surface area contributed by atoms with E-state index in [1.807, 2.05) is 19.1 Å². The van der Waals surface area contributed by atoms with Crippen LogP contribution in [0.3, 0.4) is 0 Å². The van der Waals surface area contributed by atoms with E-state index in [0.29, 0.717) is 16.5 Å². The lowest BCUT2D eigenvalue weighted by atomic mass is 10.1. The second kappa shape index (κ2) is 4.55. The van der Waals surface area contributed by atoms with Gasteiger partial charge in [-0.25, -0.2) is 4.98 Å². The topological polar surface area (TPSA) is 42.4 Å². The van der Waals surface area contributed by atoms with Crippen LogP contribution in [-0.2, 0) is 0 Å². The minimum atomic E-state index is 0.242. The lowest BCUT2D eigenvalue weighted by Gasteiger charge is -2.07. The van der Waals surface area contributed by atoms with Crippen molar-refractivity contribution in [2.45, 2.75) is 13.8 Å². The summed E-state index contributed by atoms with van der Waals surface area (Å²) in [5.74, 6) is 0.644. The molecular weight excluding hydrogens is 258 g/mol. The Morgan fingerprint density at radius 1 is 1.35 bits per heavy atom. The summed E-state index contributed by atoms with van der Waals surface area (Å²) < 4.78 is 5.15. The fraction of sp³-hybridized carbons (Fsp3) is 0.250. The Morgan fingerprint density at radius 3 is 2.59 bits per heavy atom. The Labute approximate surface area is 109 Å². The van der Waals surface area contributed by atoms with Gasteiger partial charge in [0, 0.05) is 5.56 Å². The highest BCUT2D eigenvalue weighted by molar-refractivity contribution is 7.16. The monoisotopic (exact) mass is 269 g/mol. The molecule has 1 heterocycles. The third-order valence-corrected chi connectivity index (χ3v) is 3.79.